The number of nitrogens with one attached hydrogen (secondary N) is 1. The van der Waals surface area contributed by atoms with Gasteiger partial charge in [-0.2, -0.15) is 5.10 Å². The van der Waals surface area contributed by atoms with Gasteiger partial charge >= 0.3 is 0 Å². The Kier molecular flexibility index (Phi) is 3.92. The third-order valence-corrected chi connectivity index (χ3v) is 2.65. The van der Waals surface area contributed by atoms with E-state index in [0.29, 0.717) is 0 Å². The summed E-state index contributed by atoms with van der Waals surface area (Å²) < 4.78 is 1.78. The molecule has 0 bridgehead atoms. The Bertz CT molecular complexity index is 518. The van der Waals surface area contributed by atoms with E-state index in [0.717, 1.165) is 42.3 Å². The first-order chi connectivity index (χ1) is 8.72. The third kappa shape index (κ3) is 2.85. The molecule has 0 aliphatic heterocycles. The molecule has 0 saturated heterocycles. The molecule has 18 heavy (non-hydrogen) atoms. The van der Waals surface area contributed by atoms with E-state index in [1.807, 2.05) is 25.5 Å². The van der Waals surface area contributed by atoms with Crippen LogP contribution in [0.5, 0.6) is 0 Å². The van der Waals surface area contributed by atoms with E-state index in [-0.39, 0.29) is 0 Å². The van der Waals surface area contributed by atoms with E-state index in [9.17, 15) is 0 Å². The van der Waals surface area contributed by atoms with Crippen molar-refractivity contribution in [2.24, 2.45) is 7.05 Å². The molecule has 5 nitrogen and oxygen atoms in total. The van der Waals surface area contributed by atoms with Crippen LogP contribution in [-0.4, -0.2) is 26.3 Å². The van der Waals surface area contributed by atoms with Gasteiger partial charge in [0.2, 0.25) is 0 Å². The number of rotatable bonds is 5. The Morgan fingerprint density at radius 2 is 2.11 bits per heavy atom. The molecule has 0 radical (unpaired) electrons. The second-order valence-electron chi connectivity index (χ2n) is 4.24. The van der Waals surface area contributed by atoms with Crippen LogP contribution in [-0.2, 0) is 13.5 Å². The van der Waals surface area contributed by atoms with Crippen molar-refractivity contribution in [2.75, 3.05) is 11.9 Å². The molecule has 0 spiro atoms. The molecule has 0 unspecified atom stereocenters. The standard InChI is InChI=1S/C13H19N5/c1-4-6-14-13-7-11(16-12(5-2)17-13)10-8-15-18(3)9-10/h7-9H,4-6H2,1-3H3,(H,14,16,17). The minimum atomic E-state index is 0.828. The summed E-state index contributed by atoms with van der Waals surface area (Å²) in [5.74, 6) is 1.75. The van der Waals surface area contributed by atoms with E-state index in [1.165, 1.54) is 0 Å². The first-order valence-electron chi connectivity index (χ1n) is 6.33. The minimum Gasteiger partial charge on any atom is -0.370 e. The van der Waals surface area contributed by atoms with Gasteiger partial charge in [0.1, 0.15) is 11.6 Å². The summed E-state index contributed by atoms with van der Waals surface area (Å²) >= 11 is 0. The number of nitrogens with zero attached hydrogens (tertiary/aromatic N) is 4. The summed E-state index contributed by atoms with van der Waals surface area (Å²) in [6.07, 6.45) is 5.69. The van der Waals surface area contributed by atoms with Gasteiger partial charge in [0.05, 0.1) is 11.9 Å². The van der Waals surface area contributed by atoms with Crippen LogP contribution < -0.4 is 5.32 Å². The van der Waals surface area contributed by atoms with Crippen molar-refractivity contribution in [3.63, 3.8) is 0 Å². The summed E-state index contributed by atoms with van der Waals surface area (Å²) in [5.41, 5.74) is 1.95. The van der Waals surface area contributed by atoms with Gasteiger partial charge in [0, 0.05) is 37.8 Å². The largest absolute Gasteiger partial charge is 0.370 e. The van der Waals surface area contributed by atoms with Crippen molar-refractivity contribution in [3.8, 4) is 11.3 Å². The Balaban J connectivity index is 2.34. The van der Waals surface area contributed by atoms with Gasteiger partial charge in [0.15, 0.2) is 0 Å². The number of hydrogen-bond acceptors (Lipinski definition) is 4. The molecular formula is C13H19N5. The molecule has 96 valence electrons. The number of hydrogen-bond donors (Lipinski definition) is 1. The Labute approximate surface area is 107 Å². The fourth-order valence-corrected chi connectivity index (χ4v) is 1.70. The average molecular weight is 245 g/mol. The maximum atomic E-state index is 4.54. The number of aromatic nitrogens is 4. The lowest BCUT2D eigenvalue weighted by atomic mass is 10.2. The zero-order chi connectivity index (χ0) is 13.0. The van der Waals surface area contributed by atoms with Gasteiger partial charge in [0.25, 0.3) is 0 Å². The summed E-state index contributed by atoms with van der Waals surface area (Å²) in [6, 6.07) is 1.98. The molecule has 0 aliphatic carbocycles. The maximum Gasteiger partial charge on any atom is 0.131 e. The van der Waals surface area contributed by atoms with Crippen molar-refractivity contribution < 1.29 is 0 Å². The zero-order valence-corrected chi connectivity index (χ0v) is 11.1. The molecule has 2 rings (SSSR count). The van der Waals surface area contributed by atoms with Gasteiger partial charge < -0.3 is 5.32 Å². The first kappa shape index (κ1) is 12.5. The molecule has 0 aromatic carbocycles. The van der Waals surface area contributed by atoms with Gasteiger partial charge in [-0.25, -0.2) is 9.97 Å². The average Bonchev–Trinajstić information content (AvgIpc) is 2.82. The molecule has 0 saturated carbocycles. The van der Waals surface area contributed by atoms with Gasteiger partial charge in [-0.3, -0.25) is 4.68 Å². The fourth-order valence-electron chi connectivity index (χ4n) is 1.70. The molecule has 0 amide bonds. The van der Waals surface area contributed by atoms with Crippen LogP contribution in [0.15, 0.2) is 18.5 Å². The van der Waals surface area contributed by atoms with Gasteiger partial charge in [-0.15, -0.1) is 0 Å². The van der Waals surface area contributed by atoms with Crippen LogP contribution in [0.2, 0.25) is 0 Å². The highest BCUT2D eigenvalue weighted by molar-refractivity contribution is 5.60. The monoisotopic (exact) mass is 245 g/mol. The first-order valence-corrected chi connectivity index (χ1v) is 6.33. The molecule has 2 heterocycles. The van der Waals surface area contributed by atoms with E-state index >= 15 is 0 Å². The molecule has 1 N–H and O–H groups in total. The molecule has 0 fully saturated rings. The highest BCUT2D eigenvalue weighted by Gasteiger charge is 2.07. The van der Waals surface area contributed by atoms with Crippen LogP contribution in [0.1, 0.15) is 26.1 Å². The highest BCUT2D eigenvalue weighted by atomic mass is 15.2. The Morgan fingerprint density at radius 1 is 1.28 bits per heavy atom. The smallest absolute Gasteiger partial charge is 0.131 e. The molecule has 2 aromatic heterocycles. The van der Waals surface area contributed by atoms with E-state index in [4.69, 9.17) is 0 Å². The number of aryl methyl sites for hydroxylation is 2. The topological polar surface area (TPSA) is 55.6 Å². The molecule has 5 heteroatoms. The van der Waals surface area contributed by atoms with Crippen molar-refractivity contribution in [1.82, 2.24) is 19.7 Å². The van der Waals surface area contributed by atoms with E-state index in [1.54, 1.807) is 4.68 Å². The predicted octanol–water partition coefficient (Wildman–Crippen LogP) is 2.26. The zero-order valence-electron chi connectivity index (χ0n) is 11.1. The predicted molar refractivity (Wildman–Crippen MR) is 72.4 cm³/mol. The summed E-state index contributed by atoms with van der Waals surface area (Å²) in [5, 5.41) is 7.48. The van der Waals surface area contributed by atoms with Crippen molar-refractivity contribution in [2.45, 2.75) is 26.7 Å². The lowest BCUT2D eigenvalue weighted by Gasteiger charge is -2.07. The van der Waals surface area contributed by atoms with Crippen LogP contribution in [0.25, 0.3) is 11.3 Å². The van der Waals surface area contributed by atoms with Crippen molar-refractivity contribution >= 4 is 5.82 Å². The molecule has 0 aliphatic rings. The van der Waals surface area contributed by atoms with E-state index in [2.05, 4.69) is 34.2 Å². The van der Waals surface area contributed by atoms with Gasteiger partial charge in [-0.05, 0) is 6.42 Å². The molecule has 0 atom stereocenters. The van der Waals surface area contributed by atoms with Crippen LogP contribution in [0.4, 0.5) is 5.82 Å². The van der Waals surface area contributed by atoms with Crippen molar-refractivity contribution in [3.05, 3.63) is 24.3 Å². The van der Waals surface area contributed by atoms with Crippen LogP contribution >= 0.6 is 0 Å². The van der Waals surface area contributed by atoms with Gasteiger partial charge in [-0.1, -0.05) is 13.8 Å². The Morgan fingerprint density at radius 3 is 2.72 bits per heavy atom. The lowest BCUT2D eigenvalue weighted by molar-refractivity contribution is 0.768. The van der Waals surface area contributed by atoms with E-state index < -0.39 is 0 Å². The SMILES string of the molecule is CCCNc1cc(-c2cnn(C)c2)nc(CC)n1. The maximum absolute atomic E-state index is 4.54. The van der Waals surface area contributed by atoms with Crippen LogP contribution in [0, 0.1) is 0 Å². The quantitative estimate of drug-likeness (QED) is 0.878. The normalized spacial score (nSPS) is 10.6. The molecule has 2 aromatic rings. The lowest BCUT2D eigenvalue weighted by Crippen LogP contribution is -2.05. The fraction of sp³-hybridized carbons (Fsp3) is 0.462. The second-order valence-corrected chi connectivity index (χ2v) is 4.24. The second kappa shape index (κ2) is 5.62. The summed E-state index contributed by atoms with van der Waals surface area (Å²) in [7, 11) is 1.90. The van der Waals surface area contributed by atoms with Crippen LogP contribution in [0.3, 0.4) is 0 Å². The summed E-state index contributed by atoms with van der Waals surface area (Å²) in [4.78, 5) is 9.01. The third-order valence-electron chi connectivity index (χ3n) is 2.65. The highest BCUT2D eigenvalue weighted by Crippen LogP contribution is 2.19. The minimum absolute atomic E-state index is 0.828. The molecular weight excluding hydrogens is 226 g/mol. The summed E-state index contributed by atoms with van der Waals surface area (Å²) in [6.45, 7) is 5.12. The Hall–Kier alpha value is -1.91. The number of anilines is 1. The van der Waals surface area contributed by atoms with Crippen molar-refractivity contribution in [1.29, 1.82) is 0 Å².